The number of likely N-dealkylation sites (N-methyl/N-ethyl adjacent to an activating group) is 2. The van der Waals surface area contributed by atoms with Crippen LogP contribution in [-0.2, 0) is 11.2 Å². The maximum absolute atomic E-state index is 12.0. The van der Waals surface area contributed by atoms with E-state index in [1.807, 2.05) is 32.3 Å². The third kappa shape index (κ3) is 4.31. The number of methoxy groups -OCH3 is 1. The fourth-order valence-electron chi connectivity index (χ4n) is 1.59. The van der Waals surface area contributed by atoms with E-state index in [0.29, 0.717) is 13.0 Å². The molecule has 1 aromatic rings. The van der Waals surface area contributed by atoms with E-state index in [-0.39, 0.29) is 5.91 Å². The Balaban J connectivity index is 2.71. The number of ether oxygens (including phenoxy) is 1. The smallest absolute Gasteiger partial charge is 0.226 e. The van der Waals surface area contributed by atoms with Crippen molar-refractivity contribution in [2.24, 2.45) is 0 Å². The van der Waals surface area contributed by atoms with Crippen LogP contribution in [0.5, 0.6) is 5.75 Å². The van der Waals surface area contributed by atoms with Gasteiger partial charge in [0.1, 0.15) is 5.75 Å². The summed E-state index contributed by atoms with van der Waals surface area (Å²) in [5.41, 5.74) is 0.896. The lowest BCUT2D eigenvalue weighted by Crippen LogP contribution is -2.33. The van der Waals surface area contributed by atoms with Crippen molar-refractivity contribution in [2.75, 3.05) is 34.3 Å². The number of rotatable bonds is 6. The molecule has 0 atom stereocenters. The van der Waals surface area contributed by atoms with Crippen LogP contribution in [-0.4, -0.2) is 45.1 Å². The van der Waals surface area contributed by atoms with Gasteiger partial charge in [0, 0.05) is 30.2 Å². The fourth-order valence-corrected chi connectivity index (χ4v) is 2.00. The molecule has 100 valence electrons. The number of hydrogen-bond donors (Lipinski definition) is 1. The number of nitrogens with one attached hydrogen (secondary N) is 1. The molecular formula is C13H19BrN2O2. The van der Waals surface area contributed by atoms with Crippen LogP contribution < -0.4 is 10.1 Å². The maximum atomic E-state index is 12.0. The molecule has 0 aliphatic rings. The molecule has 0 bridgehead atoms. The van der Waals surface area contributed by atoms with Crippen molar-refractivity contribution in [1.82, 2.24) is 10.2 Å². The van der Waals surface area contributed by atoms with Gasteiger partial charge in [0.05, 0.1) is 13.5 Å². The number of nitrogens with zero attached hydrogens (tertiary/aromatic N) is 1. The summed E-state index contributed by atoms with van der Waals surface area (Å²) in [6.45, 7) is 1.49. The largest absolute Gasteiger partial charge is 0.496 e. The molecule has 1 N–H and O–H groups in total. The van der Waals surface area contributed by atoms with Crippen LogP contribution in [0.4, 0.5) is 0 Å². The molecule has 0 aliphatic heterocycles. The van der Waals surface area contributed by atoms with Crippen LogP contribution in [0.1, 0.15) is 5.56 Å². The Labute approximate surface area is 116 Å². The number of amides is 1. The predicted molar refractivity (Wildman–Crippen MR) is 76.0 cm³/mol. The van der Waals surface area contributed by atoms with E-state index in [1.54, 1.807) is 12.0 Å². The minimum Gasteiger partial charge on any atom is -0.496 e. The second-order valence-electron chi connectivity index (χ2n) is 4.05. The van der Waals surface area contributed by atoms with E-state index in [0.717, 1.165) is 22.3 Å². The molecule has 0 heterocycles. The number of hydrogen-bond acceptors (Lipinski definition) is 3. The Hall–Kier alpha value is -1.07. The average molecular weight is 315 g/mol. The van der Waals surface area contributed by atoms with Gasteiger partial charge >= 0.3 is 0 Å². The molecule has 0 spiro atoms. The minimum absolute atomic E-state index is 0.0849. The third-order valence-electron chi connectivity index (χ3n) is 2.71. The van der Waals surface area contributed by atoms with Crippen LogP contribution in [0, 0.1) is 0 Å². The molecule has 1 rings (SSSR count). The van der Waals surface area contributed by atoms with Gasteiger partial charge in [-0.05, 0) is 25.2 Å². The Kier molecular flexibility index (Phi) is 6.15. The van der Waals surface area contributed by atoms with Gasteiger partial charge in [0.15, 0.2) is 0 Å². The summed E-state index contributed by atoms with van der Waals surface area (Å²) < 4.78 is 6.21. The highest BCUT2D eigenvalue weighted by atomic mass is 79.9. The lowest BCUT2D eigenvalue weighted by molar-refractivity contribution is -0.129. The highest BCUT2D eigenvalue weighted by Crippen LogP contribution is 2.23. The zero-order chi connectivity index (χ0) is 13.5. The molecule has 0 aromatic heterocycles. The summed E-state index contributed by atoms with van der Waals surface area (Å²) in [7, 11) is 5.29. The molecular weight excluding hydrogens is 296 g/mol. The Bertz CT molecular complexity index is 410. The minimum atomic E-state index is 0.0849. The summed E-state index contributed by atoms with van der Waals surface area (Å²) in [5.74, 6) is 0.829. The van der Waals surface area contributed by atoms with Crippen LogP contribution >= 0.6 is 15.9 Å². The highest BCUT2D eigenvalue weighted by molar-refractivity contribution is 9.10. The molecule has 1 aromatic carbocycles. The van der Waals surface area contributed by atoms with Crippen LogP contribution in [0.2, 0.25) is 0 Å². The number of carbonyl (C=O) groups excluding carboxylic acids is 1. The first-order valence-electron chi connectivity index (χ1n) is 5.79. The zero-order valence-corrected chi connectivity index (χ0v) is 12.6. The molecule has 4 nitrogen and oxygen atoms in total. The third-order valence-corrected chi connectivity index (χ3v) is 3.20. The van der Waals surface area contributed by atoms with E-state index in [4.69, 9.17) is 4.74 Å². The molecule has 0 fully saturated rings. The summed E-state index contributed by atoms with van der Waals surface area (Å²) in [5, 5.41) is 3.02. The van der Waals surface area contributed by atoms with E-state index in [2.05, 4.69) is 21.2 Å². The van der Waals surface area contributed by atoms with Crippen LogP contribution in [0.25, 0.3) is 0 Å². The van der Waals surface area contributed by atoms with Crippen molar-refractivity contribution in [3.8, 4) is 5.75 Å². The SMILES string of the molecule is CNCCN(C)C(=O)Cc1cc(Br)ccc1OC. The lowest BCUT2D eigenvalue weighted by atomic mass is 10.1. The van der Waals surface area contributed by atoms with Gasteiger partial charge in [0.25, 0.3) is 0 Å². The lowest BCUT2D eigenvalue weighted by Gasteiger charge is -2.17. The highest BCUT2D eigenvalue weighted by Gasteiger charge is 2.12. The second kappa shape index (κ2) is 7.38. The zero-order valence-electron chi connectivity index (χ0n) is 11.0. The summed E-state index contributed by atoms with van der Waals surface area (Å²) in [6, 6.07) is 5.68. The summed E-state index contributed by atoms with van der Waals surface area (Å²) in [6.07, 6.45) is 0.350. The van der Waals surface area contributed by atoms with E-state index >= 15 is 0 Å². The van der Waals surface area contributed by atoms with Gasteiger partial charge in [-0.3, -0.25) is 4.79 Å². The van der Waals surface area contributed by atoms with Crippen molar-refractivity contribution in [3.63, 3.8) is 0 Å². The maximum Gasteiger partial charge on any atom is 0.226 e. The quantitative estimate of drug-likeness (QED) is 0.868. The van der Waals surface area contributed by atoms with E-state index in [1.165, 1.54) is 0 Å². The van der Waals surface area contributed by atoms with Crippen molar-refractivity contribution in [2.45, 2.75) is 6.42 Å². The average Bonchev–Trinajstić information content (AvgIpc) is 2.36. The van der Waals surface area contributed by atoms with E-state index in [9.17, 15) is 4.79 Å². The van der Waals surface area contributed by atoms with Gasteiger partial charge in [-0.25, -0.2) is 0 Å². The molecule has 18 heavy (non-hydrogen) atoms. The molecule has 5 heteroatoms. The van der Waals surface area contributed by atoms with Crippen molar-refractivity contribution in [1.29, 1.82) is 0 Å². The van der Waals surface area contributed by atoms with Gasteiger partial charge < -0.3 is 15.0 Å². The monoisotopic (exact) mass is 314 g/mol. The van der Waals surface area contributed by atoms with Crippen molar-refractivity contribution < 1.29 is 9.53 Å². The van der Waals surface area contributed by atoms with Gasteiger partial charge in [0.2, 0.25) is 5.91 Å². The Morgan fingerprint density at radius 2 is 2.22 bits per heavy atom. The first kappa shape index (κ1) is 15.0. The molecule has 1 amide bonds. The molecule has 0 aliphatic carbocycles. The van der Waals surface area contributed by atoms with Gasteiger partial charge in [-0.2, -0.15) is 0 Å². The Morgan fingerprint density at radius 1 is 1.50 bits per heavy atom. The molecule has 0 radical (unpaired) electrons. The van der Waals surface area contributed by atoms with Crippen LogP contribution in [0.15, 0.2) is 22.7 Å². The van der Waals surface area contributed by atoms with E-state index < -0.39 is 0 Å². The van der Waals surface area contributed by atoms with Gasteiger partial charge in [-0.15, -0.1) is 0 Å². The van der Waals surface area contributed by atoms with Gasteiger partial charge in [-0.1, -0.05) is 15.9 Å². The first-order valence-corrected chi connectivity index (χ1v) is 6.58. The fraction of sp³-hybridized carbons (Fsp3) is 0.462. The van der Waals surface area contributed by atoms with Crippen molar-refractivity contribution in [3.05, 3.63) is 28.2 Å². The number of carbonyl (C=O) groups is 1. The summed E-state index contributed by atoms with van der Waals surface area (Å²) in [4.78, 5) is 13.7. The second-order valence-corrected chi connectivity index (χ2v) is 4.97. The standard InChI is InChI=1S/C13H19BrN2O2/c1-15-6-7-16(2)13(17)9-10-8-11(14)4-5-12(10)18-3/h4-5,8,15H,6-7,9H2,1-3H3. The first-order chi connectivity index (χ1) is 8.58. The van der Waals surface area contributed by atoms with Crippen LogP contribution in [0.3, 0.4) is 0 Å². The Morgan fingerprint density at radius 3 is 2.83 bits per heavy atom. The number of benzene rings is 1. The van der Waals surface area contributed by atoms with Crippen molar-refractivity contribution >= 4 is 21.8 Å². The topological polar surface area (TPSA) is 41.6 Å². The summed E-state index contributed by atoms with van der Waals surface area (Å²) >= 11 is 3.40. The predicted octanol–water partition coefficient (Wildman–Crippen LogP) is 1.68. The normalized spacial score (nSPS) is 10.2. The molecule has 0 unspecified atom stereocenters. The number of halogens is 1. The molecule has 0 saturated carbocycles. The molecule has 0 saturated heterocycles.